The van der Waals surface area contributed by atoms with Crippen LogP contribution in [-0.4, -0.2) is 13.2 Å². The summed E-state index contributed by atoms with van der Waals surface area (Å²) < 4.78 is 5.81. The minimum atomic E-state index is 0.181. The fourth-order valence-electron chi connectivity index (χ4n) is 2.61. The van der Waals surface area contributed by atoms with E-state index in [4.69, 9.17) is 4.74 Å². The van der Waals surface area contributed by atoms with Gasteiger partial charge in [0.15, 0.2) is 0 Å². The first-order chi connectivity index (χ1) is 10.0. The summed E-state index contributed by atoms with van der Waals surface area (Å²) in [7, 11) is 2.00. The van der Waals surface area contributed by atoms with Crippen LogP contribution in [0, 0.1) is 13.8 Å². The van der Waals surface area contributed by atoms with Gasteiger partial charge >= 0.3 is 0 Å². The van der Waals surface area contributed by atoms with Crippen LogP contribution in [0.25, 0.3) is 0 Å². The van der Waals surface area contributed by atoms with Crippen molar-refractivity contribution in [1.29, 1.82) is 0 Å². The van der Waals surface area contributed by atoms with Crippen LogP contribution in [0.3, 0.4) is 0 Å². The molecular formula is C19H25NO. The molecule has 0 heterocycles. The van der Waals surface area contributed by atoms with Crippen molar-refractivity contribution in [1.82, 2.24) is 5.32 Å². The Labute approximate surface area is 128 Å². The van der Waals surface area contributed by atoms with Crippen molar-refractivity contribution in [3.05, 3.63) is 64.7 Å². The monoisotopic (exact) mass is 283 g/mol. The Kier molecular flexibility index (Phi) is 5.03. The lowest BCUT2D eigenvalue weighted by atomic mass is 9.93. The standard InChI is InChI=1S/C19H25NO/c1-13(2)21-17-8-6-7-16(12-17)19(20-5)18-11-14(3)9-10-15(18)4/h6-13,19-20H,1-5H3. The van der Waals surface area contributed by atoms with Gasteiger partial charge in [0.05, 0.1) is 12.1 Å². The Morgan fingerprint density at radius 2 is 1.76 bits per heavy atom. The average molecular weight is 283 g/mol. The van der Waals surface area contributed by atoms with Gasteiger partial charge in [-0.3, -0.25) is 0 Å². The summed E-state index contributed by atoms with van der Waals surface area (Å²) in [5.74, 6) is 0.924. The fourth-order valence-corrected chi connectivity index (χ4v) is 2.61. The highest BCUT2D eigenvalue weighted by molar-refractivity contribution is 5.41. The summed E-state index contributed by atoms with van der Waals surface area (Å²) in [5, 5.41) is 3.43. The van der Waals surface area contributed by atoms with Crippen LogP contribution in [0.15, 0.2) is 42.5 Å². The lowest BCUT2D eigenvalue weighted by molar-refractivity contribution is 0.242. The van der Waals surface area contributed by atoms with E-state index in [1.807, 2.05) is 27.0 Å². The number of hydrogen-bond acceptors (Lipinski definition) is 2. The Morgan fingerprint density at radius 1 is 1.00 bits per heavy atom. The van der Waals surface area contributed by atoms with Gasteiger partial charge in [-0.05, 0) is 63.6 Å². The molecule has 0 radical (unpaired) electrons. The van der Waals surface area contributed by atoms with Gasteiger partial charge in [0.1, 0.15) is 5.75 Å². The van der Waals surface area contributed by atoms with Gasteiger partial charge in [-0.15, -0.1) is 0 Å². The van der Waals surface area contributed by atoms with E-state index in [2.05, 4.69) is 55.6 Å². The number of hydrogen-bond donors (Lipinski definition) is 1. The minimum absolute atomic E-state index is 0.181. The smallest absolute Gasteiger partial charge is 0.120 e. The molecule has 1 unspecified atom stereocenters. The van der Waals surface area contributed by atoms with Crippen LogP contribution in [-0.2, 0) is 0 Å². The summed E-state index contributed by atoms with van der Waals surface area (Å²) in [4.78, 5) is 0. The molecule has 0 bridgehead atoms. The topological polar surface area (TPSA) is 21.3 Å². The second-order valence-electron chi connectivity index (χ2n) is 5.82. The largest absolute Gasteiger partial charge is 0.491 e. The van der Waals surface area contributed by atoms with Crippen molar-refractivity contribution >= 4 is 0 Å². The predicted octanol–water partition coefficient (Wildman–Crippen LogP) is 4.40. The number of aryl methyl sites for hydroxylation is 2. The van der Waals surface area contributed by atoms with E-state index in [-0.39, 0.29) is 12.1 Å². The Hall–Kier alpha value is -1.80. The van der Waals surface area contributed by atoms with Crippen molar-refractivity contribution in [3.8, 4) is 5.75 Å². The summed E-state index contributed by atoms with van der Waals surface area (Å²) in [6.45, 7) is 8.39. The van der Waals surface area contributed by atoms with Crippen LogP contribution in [0.1, 0.15) is 42.1 Å². The molecule has 0 fully saturated rings. The van der Waals surface area contributed by atoms with Crippen LogP contribution >= 0.6 is 0 Å². The maximum absolute atomic E-state index is 5.81. The SMILES string of the molecule is CNC(c1cccc(OC(C)C)c1)c1cc(C)ccc1C. The molecule has 0 saturated heterocycles. The molecule has 1 N–H and O–H groups in total. The van der Waals surface area contributed by atoms with Gasteiger partial charge in [0, 0.05) is 0 Å². The lowest BCUT2D eigenvalue weighted by Gasteiger charge is -2.21. The lowest BCUT2D eigenvalue weighted by Crippen LogP contribution is -2.19. The zero-order valence-electron chi connectivity index (χ0n) is 13.6. The normalized spacial score (nSPS) is 12.5. The maximum Gasteiger partial charge on any atom is 0.120 e. The molecule has 112 valence electrons. The van der Waals surface area contributed by atoms with E-state index < -0.39 is 0 Å². The molecule has 1 atom stereocenters. The highest BCUT2D eigenvalue weighted by atomic mass is 16.5. The Balaban J connectivity index is 2.39. The number of ether oxygens (including phenoxy) is 1. The Morgan fingerprint density at radius 3 is 2.43 bits per heavy atom. The first-order valence-electron chi connectivity index (χ1n) is 7.52. The third kappa shape index (κ3) is 3.85. The van der Waals surface area contributed by atoms with Crippen molar-refractivity contribution < 1.29 is 4.74 Å². The van der Waals surface area contributed by atoms with Crippen LogP contribution in [0.4, 0.5) is 0 Å². The molecule has 2 heteroatoms. The first-order valence-corrected chi connectivity index (χ1v) is 7.52. The number of benzene rings is 2. The number of rotatable bonds is 5. The van der Waals surface area contributed by atoms with Gasteiger partial charge < -0.3 is 10.1 Å². The molecule has 0 spiro atoms. The summed E-state index contributed by atoms with van der Waals surface area (Å²) in [5.41, 5.74) is 5.13. The third-order valence-corrected chi connectivity index (χ3v) is 3.60. The summed E-state index contributed by atoms with van der Waals surface area (Å²) in [6, 6.07) is 15.1. The fraction of sp³-hybridized carbons (Fsp3) is 0.368. The van der Waals surface area contributed by atoms with E-state index >= 15 is 0 Å². The average Bonchev–Trinajstić information content (AvgIpc) is 2.43. The van der Waals surface area contributed by atoms with Crippen molar-refractivity contribution in [2.45, 2.75) is 39.8 Å². The zero-order valence-corrected chi connectivity index (χ0v) is 13.6. The predicted molar refractivity (Wildman–Crippen MR) is 89.0 cm³/mol. The molecule has 21 heavy (non-hydrogen) atoms. The van der Waals surface area contributed by atoms with E-state index in [0.29, 0.717) is 0 Å². The highest BCUT2D eigenvalue weighted by Crippen LogP contribution is 2.28. The second-order valence-corrected chi connectivity index (χ2v) is 5.82. The summed E-state index contributed by atoms with van der Waals surface area (Å²) >= 11 is 0. The minimum Gasteiger partial charge on any atom is -0.491 e. The van der Waals surface area contributed by atoms with Gasteiger partial charge in [0.25, 0.3) is 0 Å². The molecule has 2 nitrogen and oxygen atoms in total. The van der Waals surface area contributed by atoms with Crippen LogP contribution < -0.4 is 10.1 Å². The van der Waals surface area contributed by atoms with E-state index in [0.717, 1.165) is 5.75 Å². The molecule has 2 aromatic carbocycles. The molecule has 0 aromatic heterocycles. The molecule has 0 aliphatic heterocycles. The van der Waals surface area contributed by atoms with Gasteiger partial charge in [-0.1, -0.05) is 35.9 Å². The maximum atomic E-state index is 5.81. The first kappa shape index (κ1) is 15.6. The highest BCUT2D eigenvalue weighted by Gasteiger charge is 2.15. The van der Waals surface area contributed by atoms with E-state index in [1.165, 1.54) is 22.3 Å². The van der Waals surface area contributed by atoms with E-state index in [1.54, 1.807) is 0 Å². The molecule has 0 saturated carbocycles. The molecular weight excluding hydrogens is 258 g/mol. The molecule has 2 rings (SSSR count). The van der Waals surface area contributed by atoms with Crippen molar-refractivity contribution in [3.63, 3.8) is 0 Å². The zero-order chi connectivity index (χ0) is 15.4. The van der Waals surface area contributed by atoms with Gasteiger partial charge in [-0.2, -0.15) is 0 Å². The summed E-state index contributed by atoms with van der Waals surface area (Å²) in [6.07, 6.45) is 0.189. The van der Waals surface area contributed by atoms with Crippen LogP contribution in [0.2, 0.25) is 0 Å². The molecule has 0 aliphatic carbocycles. The molecule has 0 aliphatic rings. The van der Waals surface area contributed by atoms with E-state index in [9.17, 15) is 0 Å². The van der Waals surface area contributed by atoms with Gasteiger partial charge in [0.2, 0.25) is 0 Å². The number of nitrogens with one attached hydrogen (secondary N) is 1. The van der Waals surface area contributed by atoms with Crippen LogP contribution in [0.5, 0.6) is 5.75 Å². The van der Waals surface area contributed by atoms with Crippen molar-refractivity contribution in [2.24, 2.45) is 0 Å². The second kappa shape index (κ2) is 6.77. The van der Waals surface area contributed by atoms with Gasteiger partial charge in [-0.25, -0.2) is 0 Å². The Bertz CT molecular complexity index is 604. The molecule has 2 aromatic rings. The third-order valence-electron chi connectivity index (χ3n) is 3.60. The molecule has 0 amide bonds. The quantitative estimate of drug-likeness (QED) is 0.878. The van der Waals surface area contributed by atoms with Crippen molar-refractivity contribution in [2.75, 3.05) is 7.05 Å².